The number of unbranched alkanes of at least 4 members (excludes halogenated alkanes) is 10. The number of aliphatic carboxylic acids is 2. The number of carboxylic acid groups (broad SMARTS) is 2. The number of benzene rings is 2. The molecule has 0 radical (unpaired) electrons. The normalized spacial score (nSPS) is 10.4. The van der Waals surface area contributed by atoms with Crippen molar-refractivity contribution in [1.29, 1.82) is 0 Å². The van der Waals surface area contributed by atoms with Crippen LogP contribution in [0.2, 0.25) is 0 Å². The summed E-state index contributed by atoms with van der Waals surface area (Å²) in [6.45, 7) is 4.51. The molecule has 0 aliphatic heterocycles. The highest BCUT2D eigenvalue weighted by atomic mass is 32.2. The molecular weight excluding hydrogens is 641 g/mol. The maximum atomic E-state index is 9.10. The van der Waals surface area contributed by atoms with Crippen molar-refractivity contribution in [3.63, 3.8) is 0 Å². The predicted molar refractivity (Wildman–Crippen MR) is 192 cm³/mol. The molecule has 0 spiro atoms. The van der Waals surface area contributed by atoms with E-state index in [2.05, 4.69) is 33.8 Å². The minimum absolute atomic E-state index is 0. The SMILES string of the molecule is CCCCCCCCSc1nc2cc(OC)ccc2[nH]1.CCCCCCCCSc1nc2cc(OC)ccc2[nH]1.O.O=C(O)C(=O)O. The Balaban J connectivity index is 0.000000394. The van der Waals surface area contributed by atoms with Crippen molar-refractivity contribution in [3.8, 4) is 11.5 Å². The third kappa shape index (κ3) is 16.8. The van der Waals surface area contributed by atoms with Crippen molar-refractivity contribution >= 4 is 57.5 Å². The molecule has 4 aromatic rings. The summed E-state index contributed by atoms with van der Waals surface area (Å²) in [6, 6.07) is 11.9. The number of H-pyrrole nitrogens is 2. The fraction of sp³-hybridized carbons (Fsp3) is 0.529. The Hall–Kier alpha value is -3.42. The van der Waals surface area contributed by atoms with E-state index < -0.39 is 11.9 Å². The zero-order valence-corrected chi connectivity index (χ0v) is 29.7. The molecule has 0 bridgehead atoms. The second-order valence-electron chi connectivity index (χ2n) is 10.7. The first-order valence-electron chi connectivity index (χ1n) is 16.1. The number of methoxy groups -OCH3 is 2. The zero-order chi connectivity index (χ0) is 33.6. The second-order valence-corrected chi connectivity index (χ2v) is 12.9. The van der Waals surface area contributed by atoms with Crippen LogP contribution in [0.3, 0.4) is 0 Å². The van der Waals surface area contributed by atoms with Gasteiger partial charge in [-0.3, -0.25) is 0 Å². The molecule has 2 aromatic heterocycles. The number of imidazole rings is 2. The van der Waals surface area contributed by atoms with E-state index in [0.29, 0.717) is 0 Å². The van der Waals surface area contributed by atoms with Gasteiger partial charge in [0.05, 0.1) is 36.3 Å². The van der Waals surface area contributed by atoms with E-state index in [1.54, 1.807) is 14.2 Å². The molecule has 0 aliphatic carbocycles. The van der Waals surface area contributed by atoms with E-state index in [4.69, 9.17) is 29.3 Å². The number of ether oxygens (including phenoxy) is 2. The average Bonchev–Trinajstić information content (AvgIpc) is 3.66. The molecule has 0 saturated heterocycles. The van der Waals surface area contributed by atoms with Gasteiger partial charge in [-0.1, -0.05) is 102 Å². The number of fused-ring (bicyclic) bond motifs is 2. The van der Waals surface area contributed by atoms with Gasteiger partial charge in [-0.25, -0.2) is 19.6 Å². The Morgan fingerprint density at radius 2 is 1.00 bits per heavy atom. The molecule has 0 saturated carbocycles. The van der Waals surface area contributed by atoms with Crippen molar-refractivity contribution in [2.75, 3.05) is 25.7 Å². The number of carboxylic acids is 2. The number of hydrogen-bond donors (Lipinski definition) is 4. The predicted octanol–water partition coefficient (Wildman–Crippen LogP) is 8.38. The molecule has 11 nitrogen and oxygen atoms in total. The summed E-state index contributed by atoms with van der Waals surface area (Å²) in [5.74, 6) is 0.351. The number of carbonyl (C=O) groups is 2. The van der Waals surface area contributed by atoms with Gasteiger partial charge in [-0.15, -0.1) is 0 Å². The summed E-state index contributed by atoms with van der Waals surface area (Å²) in [4.78, 5) is 34.1. The Morgan fingerprint density at radius 1 is 0.638 bits per heavy atom. The molecule has 47 heavy (non-hydrogen) atoms. The van der Waals surface area contributed by atoms with Crippen LogP contribution in [0.4, 0.5) is 0 Å². The van der Waals surface area contributed by atoms with E-state index in [1.807, 2.05) is 59.9 Å². The Bertz CT molecular complexity index is 1340. The Morgan fingerprint density at radius 3 is 1.34 bits per heavy atom. The van der Waals surface area contributed by atoms with Gasteiger partial charge in [0.1, 0.15) is 11.5 Å². The molecule has 2 heterocycles. The fourth-order valence-electron chi connectivity index (χ4n) is 4.42. The standard InChI is InChI=1S/2C16H24N2OS.C2H2O4.H2O/c2*1-3-4-5-6-7-8-11-20-16-17-14-10-9-13(19-2)12-15(14)18-16;3-1(4)2(5)6;/h2*9-10,12H,3-8,11H2,1-2H3,(H,17,18);(H,3,4)(H,5,6);1H2. The largest absolute Gasteiger partial charge is 0.497 e. The molecule has 0 unspecified atom stereocenters. The van der Waals surface area contributed by atoms with Crippen molar-refractivity contribution in [2.24, 2.45) is 0 Å². The van der Waals surface area contributed by atoms with Gasteiger partial charge in [0.2, 0.25) is 0 Å². The van der Waals surface area contributed by atoms with Gasteiger partial charge in [-0.05, 0) is 37.1 Å². The minimum atomic E-state index is -1.82. The smallest absolute Gasteiger partial charge is 0.414 e. The lowest BCUT2D eigenvalue weighted by atomic mass is 10.1. The Labute approximate surface area is 286 Å². The summed E-state index contributed by atoms with van der Waals surface area (Å²) < 4.78 is 10.4. The first-order valence-corrected chi connectivity index (χ1v) is 18.1. The van der Waals surface area contributed by atoms with E-state index in [9.17, 15) is 0 Å². The van der Waals surface area contributed by atoms with Crippen molar-refractivity contribution in [1.82, 2.24) is 19.9 Å². The van der Waals surface area contributed by atoms with Crippen LogP contribution in [0.25, 0.3) is 22.1 Å². The highest BCUT2D eigenvalue weighted by Gasteiger charge is 2.06. The number of rotatable bonds is 18. The van der Waals surface area contributed by atoms with Crippen LogP contribution in [-0.2, 0) is 9.59 Å². The number of thioether (sulfide) groups is 2. The molecule has 0 fully saturated rings. The molecule has 262 valence electrons. The van der Waals surface area contributed by atoms with Crippen LogP contribution >= 0.6 is 23.5 Å². The van der Waals surface area contributed by atoms with E-state index in [0.717, 1.165) is 55.4 Å². The first kappa shape index (κ1) is 41.6. The number of hydrogen-bond acceptors (Lipinski definition) is 8. The maximum absolute atomic E-state index is 9.10. The zero-order valence-electron chi connectivity index (χ0n) is 28.1. The molecule has 4 rings (SSSR count). The highest BCUT2D eigenvalue weighted by molar-refractivity contribution is 7.99. The van der Waals surface area contributed by atoms with Crippen LogP contribution in [-0.4, -0.2) is 73.3 Å². The van der Waals surface area contributed by atoms with Crippen LogP contribution < -0.4 is 9.47 Å². The summed E-state index contributed by atoms with van der Waals surface area (Å²) in [5.41, 5.74) is 4.12. The average molecular weight is 693 g/mol. The number of aromatic nitrogens is 4. The lowest BCUT2D eigenvalue weighted by molar-refractivity contribution is -0.159. The van der Waals surface area contributed by atoms with Crippen molar-refractivity contribution < 1.29 is 34.8 Å². The van der Waals surface area contributed by atoms with Crippen LogP contribution in [0.5, 0.6) is 11.5 Å². The second kappa shape index (κ2) is 24.7. The van der Waals surface area contributed by atoms with Crippen LogP contribution in [0.1, 0.15) is 90.9 Å². The maximum Gasteiger partial charge on any atom is 0.414 e. The van der Waals surface area contributed by atoms with Crippen molar-refractivity contribution in [2.45, 2.75) is 101 Å². The molecule has 0 amide bonds. The van der Waals surface area contributed by atoms with Gasteiger partial charge in [0, 0.05) is 23.6 Å². The fourth-order valence-corrected chi connectivity index (χ4v) is 6.19. The third-order valence-electron chi connectivity index (χ3n) is 6.99. The summed E-state index contributed by atoms with van der Waals surface area (Å²) in [5, 5.41) is 16.8. The van der Waals surface area contributed by atoms with Gasteiger partial charge in [-0.2, -0.15) is 0 Å². The Kier molecular flexibility index (Phi) is 21.9. The highest BCUT2D eigenvalue weighted by Crippen LogP contribution is 2.25. The van der Waals surface area contributed by atoms with Crippen LogP contribution in [0.15, 0.2) is 46.7 Å². The van der Waals surface area contributed by atoms with E-state index in [1.165, 1.54) is 77.0 Å². The lowest BCUT2D eigenvalue weighted by Crippen LogP contribution is -2.09. The summed E-state index contributed by atoms with van der Waals surface area (Å²) in [6.07, 6.45) is 16.1. The van der Waals surface area contributed by atoms with Gasteiger partial charge >= 0.3 is 11.9 Å². The molecular formula is C34H52N4O7S2. The van der Waals surface area contributed by atoms with Crippen LogP contribution in [0, 0.1) is 0 Å². The monoisotopic (exact) mass is 692 g/mol. The molecule has 0 atom stereocenters. The van der Waals surface area contributed by atoms with Gasteiger partial charge in [0.25, 0.3) is 0 Å². The first-order chi connectivity index (χ1) is 22.3. The molecule has 6 N–H and O–H groups in total. The number of aromatic amines is 2. The van der Waals surface area contributed by atoms with Gasteiger partial charge in [0.15, 0.2) is 10.3 Å². The van der Waals surface area contributed by atoms with Crippen molar-refractivity contribution in [3.05, 3.63) is 36.4 Å². The van der Waals surface area contributed by atoms with E-state index >= 15 is 0 Å². The molecule has 13 heteroatoms. The quantitative estimate of drug-likeness (QED) is 0.0449. The molecule has 2 aromatic carbocycles. The minimum Gasteiger partial charge on any atom is -0.497 e. The summed E-state index contributed by atoms with van der Waals surface area (Å²) in [7, 11) is 3.37. The summed E-state index contributed by atoms with van der Waals surface area (Å²) >= 11 is 3.63. The van der Waals surface area contributed by atoms with Gasteiger partial charge < -0.3 is 35.1 Å². The van der Waals surface area contributed by atoms with E-state index in [-0.39, 0.29) is 5.48 Å². The number of nitrogens with one attached hydrogen (secondary N) is 2. The third-order valence-corrected chi connectivity index (χ3v) is 8.91. The lowest BCUT2D eigenvalue weighted by Gasteiger charge is -1.99. The molecule has 0 aliphatic rings. The topological polar surface area (TPSA) is 182 Å². The number of nitrogens with zero attached hydrogens (tertiary/aromatic N) is 2.